The number of carbonyl (C=O) groups excluding carboxylic acids is 2. The standard InChI is InChI=1S/C27H29ClN6O5S2/c1-16-5-10-24(40-16)41(38,39)32-27(37)31-18-7-9-23(22(28)14-18)34-15-21(25(35)30-11-12-33(3)4)20-13-17(29-2)6-8-19(20)26(34)36/h5-10,13-15,29H,11-12H2,1-4H3,(H,30,35)(H2,31,32,37). The van der Waals surface area contributed by atoms with Gasteiger partial charge in [-0.2, -0.15) is 0 Å². The van der Waals surface area contributed by atoms with Crippen molar-refractivity contribution in [2.75, 3.05) is 44.9 Å². The van der Waals surface area contributed by atoms with E-state index in [4.69, 9.17) is 11.6 Å². The molecule has 0 aliphatic carbocycles. The molecule has 0 atom stereocenters. The van der Waals surface area contributed by atoms with Crippen LogP contribution in [0.1, 0.15) is 15.2 Å². The van der Waals surface area contributed by atoms with Crippen LogP contribution in [0.2, 0.25) is 5.02 Å². The number of aryl methyl sites for hydroxylation is 1. The van der Waals surface area contributed by atoms with Gasteiger partial charge in [-0.1, -0.05) is 11.6 Å². The van der Waals surface area contributed by atoms with Gasteiger partial charge in [0.05, 0.1) is 16.3 Å². The second kappa shape index (κ2) is 12.3. The van der Waals surface area contributed by atoms with Crippen LogP contribution in [0.4, 0.5) is 16.2 Å². The van der Waals surface area contributed by atoms with E-state index in [0.717, 1.165) is 21.9 Å². The molecule has 0 bridgehead atoms. The van der Waals surface area contributed by atoms with Gasteiger partial charge in [-0.05, 0) is 69.6 Å². The first-order valence-corrected chi connectivity index (χ1v) is 15.1. The molecule has 0 aliphatic rings. The van der Waals surface area contributed by atoms with Gasteiger partial charge >= 0.3 is 6.03 Å². The van der Waals surface area contributed by atoms with Crippen LogP contribution in [0.5, 0.6) is 0 Å². The lowest BCUT2D eigenvalue weighted by molar-refractivity contribution is 0.0952. The maximum absolute atomic E-state index is 13.5. The Hall–Kier alpha value is -3.91. The Labute approximate surface area is 246 Å². The van der Waals surface area contributed by atoms with Crippen molar-refractivity contribution in [2.45, 2.75) is 11.1 Å². The molecule has 11 nitrogen and oxygen atoms in total. The Bertz CT molecular complexity index is 1800. The SMILES string of the molecule is CNc1ccc2c(=O)n(-c3ccc(NC(=O)NS(=O)(=O)c4ccc(C)s4)cc3Cl)cc(C(=O)NCCN(C)C)c2c1. The first-order chi connectivity index (χ1) is 19.4. The van der Waals surface area contributed by atoms with Crippen molar-refractivity contribution in [1.29, 1.82) is 0 Å². The molecule has 41 heavy (non-hydrogen) atoms. The Morgan fingerprint density at radius 1 is 1.02 bits per heavy atom. The smallest absolute Gasteiger partial charge is 0.333 e. The van der Waals surface area contributed by atoms with Gasteiger partial charge in [0.1, 0.15) is 4.21 Å². The number of thiophene rings is 1. The van der Waals surface area contributed by atoms with Gasteiger partial charge in [0.25, 0.3) is 21.5 Å². The number of hydrogen-bond donors (Lipinski definition) is 4. The minimum absolute atomic E-state index is 0.0117. The van der Waals surface area contributed by atoms with Gasteiger partial charge in [-0.3, -0.25) is 14.2 Å². The molecular formula is C27H29ClN6O5S2. The molecule has 2 heterocycles. The third-order valence-electron chi connectivity index (χ3n) is 6.07. The number of hydrogen-bond acceptors (Lipinski definition) is 8. The highest BCUT2D eigenvalue weighted by atomic mass is 35.5. The summed E-state index contributed by atoms with van der Waals surface area (Å²) in [4.78, 5) is 41.9. The van der Waals surface area contributed by atoms with E-state index >= 15 is 0 Å². The van der Waals surface area contributed by atoms with Crippen LogP contribution in [0.3, 0.4) is 0 Å². The van der Waals surface area contributed by atoms with Gasteiger partial charge in [-0.15, -0.1) is 11.3 Å². The number of rotatable bonds is 9. The lowest BCUT2D eigenvalue weighted by Crippen LogP contribution is -2.34. The van der Waals surface area contributed by atoms with E-state index in [0.29, 0.717) is 23.9 Å². The molecule has 0 saturated heterocycles. The van der Waals surface area contributed by atoms with Crippen LogP contribution >= 0.6 is 22.9 Å². The Morgan fingerprint density at radius 2 is 1.76 bits per heavy atom. The molecule has 0 fully saturated rings. The number of amides is 3. The fraction of sp³-hybridized carbons (Fsp3) is 0.222. The normalized spacial score (nSPS) is 11.5. The first-order valence-electron chi connectivity index (χ1n) is 12.4. The monoisotopic (exact) mass is 616 g/mol. The van der Waals surface area contributed by atoms with Crippen LogP contribution < -0.4 is 26.2 Å². The second-order valence-corrected chi connectivity index (χ2v) is 13.0. The lowest BCUT2D eigenvalue weighted by Gasteiger charge is -2.16. The van der Waals surface area contributed by atoms with E-state index < -0.39 is 21.6 Å². The number of nitrogens with one attached hydrogen (secondary N) is 4. The largest absolute Gasteiger partial charge is 0.388 e. The summed E-state index contributed by atoms with van der Waals surface area (Å²) in [6.45, 7) is 2.80. The number of anilines is 2. The van der Waals surface area contributed by atoms with Crippen molar-refractivity contribution < 1.29 is 18.0 Å². The average Bonchev–Trinajstić information content (AvgIpc) is 3.36. The number of likely N-dealkylation sites (N-methyl/N-ethyl adjacent to an activating group) is 1. The van der Waals surface area contributed by atoms with Crippen molar-refractivity contribution in [3.8, 4) is 5.69 Å². The summed E-state index contributed by atoms with van der Waals surface area (Å²) in [5.74, 6) is -0.355. The molecular weight excluding hydrogens is 588 g/mol. The molecule has 4 aromatic rings. The van der Waals surface area contributed by atoms with Crippen molar-refractivity contribution in [3.05, 3.63) is 80.5 Å². The zero-order chi connectivity index (χ0) is 29.9. The number of aromatic nitrogens is 1. The van der Waals surface area contributed by atoms with E-state index in [-0.39, 0.29) is 32.1 Å². The minimum atomic E-state index is -4.04. The molecule has 0 aliphatic heterocycles. The molecule has 4 rings (SSSR count). The summed E-state index contributed by atoms with van der Waals surface area (Å²) in [5, 5.41) is 9.23. The molecule has 3 amide bonds. The predicted molar refractivity (Wildman–Crippen MR) is 163 cm³/mol. The number of urea groups is 1. The molecule has 2 aromatic carbocycles. The van der Waals surface area contributed by atoms with Crippen LogP contribution in [-0.2, 0) is 10.0 Å². The summed E-state index contributed by atoms with van der Waals surface area (Å²) in [7, 11) is 1.50. The van der Waals surface area contributed by atoms with Crippen molar-refractivity contribution in [3.63, 3.8) is 0 Å². The van der Waals surface area contributed by atoms with E-state index in [1.807, 2.05) is 23.7 Å². The molecule has 0 unspecified atom stereocenters. The Kier molecular flexibility index (Phi) is 9.02. The highest BCUT2D eigenvalue weighted by Crippen LogP contribution is 2.27. The predicted octanol–water partition coefficient (Wildman–Crippen LogP) is 3.86. The van der Waals surface area contributed by atoms with Gasteiger partial charge < -0.3 is 20.9 Å². The van der Waals surface area contributed by atoms with Gasteiger partial charge in [0.15, 0.2) is 0 Å². The Morgan fingerprint density at radius 3 is 2.39 bits per heavy atom. The highest BCUT2D eigenvalue weighted by Gasteiger charge is 2.21. The maximum atomic E-state index is 13.5. The van der Waals surface area contributed by atoms with Crippen LogP contribution in [0, 0.1) is 6.92 Å². The first kappa shape index (κ1) is 30.1. The number of halogens is 1. The summed E-state index contributed by atoms with van der Waals surface area (Å²) in [5.41, 5.74) is 1.08. The second-order valence-electron chi connectivity index (χ2n) is 9.38. The maximum Gasteiger partial charge on any atom is 0.333 e. The topological polar surface area (TPSA) is 142 Å². The fourth-order valence-electron chi connectivity index (χ4n) is 4.01. The van der Waals surface area contributed by atoms with Crippen molar-refractivity contribution in [2.24, 2.45) is 0 Å². The molecule has 216 valence electrons. The van der Waals surface area contributed by atoms with E-state index in [1.54, 1.807) is 38.2 Å². The van der Waals surface area contributed by atoms with Gasteiger partial charge in [0.2, 0.25) is 0 Å². The summed E-state index contributed by atoms with van der Waals surface area (Å²) in [6.07, 6.45) is 1.44. The number of sulfonamides is 1. The van der Waals surface area contributed by atoms with E-state index in [9.17, 15) is 22.8 Å². The number of fused-ring (bicyclic) bond motifs is 1. The van der Waals surface area contributed by atoms with E-state index in [1.165, 1.54) is 35.0 Å². The summed E-state index contributed by atoms with van der Waals surface area (Å²) >= 11 is 7.58. The fourth-order valence-corrected chi connectivity index (χ4v) is 6.47. The van der Waals surface area contributed by atoms with Gasteiger partial charge in [-0.25, -0.2) is 17.9 Å². The number of benzene rings is 2. The summed E-state index contributed by atoms with van der Waals surface area (Å²) in [6, 6.07) is 11.6. The van der Waals surface area contributed by atoms with Crippen LogP contribution in [0.25, 0.3) is 16.5 Å². The quantitative estimate of drug-likeness (QED) is 0.224. The lowest BCUT2D eigenvalue weighted by atomic mass is 10.1. The molecule has 2 aromatic heterocycles. The van der Waals surface area contributed by atoms with Crippen LogP contribution in [-0.4, -0.2) is 64.1 Å². The molecule has 4 N–H and O–H groups in total. The Balaban J connectivity index is 1.66. The number of carbonyl (C=O) groups is 2. The number of nitrogens with zero attached hydrogens (tertiary/aromatic N) is 2. The van der Waals surface area contributed by atoms with Crippen molar-refractivity contribution >= 4 is 67.0 Å². The molecule has 0 saturated carbocycles. The van der Waals surface area contributed by atoms with Crippen molar-refractivity contribution in [1.82, 2.24) is 19.5 Å². The van der Waals surface area contributed by atoms with Gasteiger partial charge in [0, 0.05) is 53.4 Å². The van der Waals surface area contributed by atoms with Crippen LogP contribution in [0.15, 0.2) is 63.7 Å². The third kappa shape index (κ3) is 6.88. The molecule has 14 heteroatoms. The molecule has 0 spiro atoms. The average molecular weight is 617 g/mol. The third-order valence-corrected chi connectivity index (χ3v) is 9.19. The highest BCUT2D eigenvalue weighted by molar-refractivity contribution is 7.92. The minimum Gasteiger partial charge on any atom is -0.388 e. The molecule has 0 radical (unpaired) electrons. The zero-order valence-corrected chi connectivity index (χ0v) is 25.1. The zero-order valence-electron chi connectivity index (χ0n) is 22.7. The summed E-state index contributed by atoms with van der Waals surface area (Å²) < 4.78 is 28.2. The van der Waals surface area contributed by atoms with E-state index in [2.05, 4.69) is 16.0 Å². The number of pyridine rings is 1.